The Bertz CT molecular complexity index is 1460. The molecule has 2 aromatic heterocycles. The summed E-state index contributed by atoms with van der Waals surface area (Å²) >= 11 is 0. The van der Waals surface area contributed by atoms with Crippen LogP contribution in [0.15, 0.2) is 54.7 Å². The molecule has 4 aromatic rings. The first-order valence-electron chi connectivity index (χ1n) is 13.3. The van der Waals surface area contributed by atoms with Crippen molar-refractivity contribution in [3.63, 3.8) is 0 Å². The van der Waals surface area contributed by atoms with E-state index in [-0.39, 0.29) is 6.04 Å². The van der Waals surface area contributed by atoms with Crippen molar-refractivity contribution in [2.24, 2.45) is 0 Å². The lowest BCUT2D eigenvalue weighted by Crippen LogP contribution is -2.26. The van der Waals surface area contributed by atoms with E-state index in [1.165, 1.54) is 25.0 Å². The molecule has 4 heterocycles. The van der Waals surface area contributed by atoms with E-state index in [0.717, 1.165) is 43.1 Å². The second-order valence-electron chi connectivity index (χ2n) is 10.3. The van der Waals surface area contributed by atoms with Crippen LogP contribution in [0.4, 0.5) is 20.3 Å². The smallest absolute Gasteiger partial charge is 0.154 e. The summed E-state index contributed by atoms with van der Waals surface area (Å²) in [6.45, 7) is 2.45. The van der Waals surface area contributed by atoms with Crippen molar-refractivity contribution in [1.82, 2.24) is 19.5 Å². The number of anilines is 2. The molecule has 2 fully saturated rings. The minimum Gasteiger partial charge on any atom is -0.491 e. The topological polar surface area (TPSA) is 71.9 Å². The van der Waals surface area contributed by atoms with Crippen molar-refractivity contribution >= 4 is 17.2 Å². The molecule has 0 spiro atoms. The number of benzene rings is 2. The molecule has 0 radical (unpaired) electrons. The van der Waals surface area contributed by atoms with E-state index in [4.69, 9.17) is 15.6 Å². The number of likely N-dealkylation sites (tertiary alicyclic amines) is 1. The van der Waals surface area contributed by atoms with Crippen LogP contribution in [-0.2, 0) is 0 Å². The number of hydrogen-bond donors (Lipinski definition) is 1. The van der Waals surface area contributed by atoms with Gasteiger partial charge in [-0.1, -0.05) is 6.07 Å². The fourth-order valence-electron chi connectivity index (χ4n) is 5.82. The highest BCUT2D eigenvalue weighted by molar-refractivity contribution is 5.69. The van der Waals surface area contributed by atoms with Crippen LogP contribution in [0.5, 0.6) is 5.75 Å². The summed E-state index contributed by atoms with van der Waals surface area (Å²) in [4.78, 5) is 8.96. The summed E-state index contributed by atoms with van der Waals surface area (Å²) in [7, 11) is 2.16. The first kappa shape index (κ1) is 24.6. The number of fused-ring (bicyclic) bond motifs is 1. The van der Waals surface area contributed by atoms with Crippen LogP contribution in [0.2, 0.25) is 0 Å². The van der Waals surface area contributed by atoms with Gasteiger partial charge < -0.3 is 20.3 Å². The number of nitrogens with zero attached hydrogens (tertiary/aromatic N) is 5. The Morgan fingerprint density at radius 3 is 2.74 bits per heavy atom. The fourth-order valence-corrected chi connectivity index (χ4v) is 5.82. The molecule has 0 amide bonds. The van der Waals surface area contributed by atoms with Gasteiger partial charge in [0.2, 0.25) is 0 Å². The second kappa shape index (κ2) is 10.2. The predicted octanol–water partition coefficient (Wildman–Crippen LogP) is 5.46. The van der Waals surface area contributed by atoms with Gasteiger partial charge in [0.05, 0.1) is 30.2 Å². The number of nitrogen functional groups attached to an aromatic ring is 1. The monoisotopic (exact) mass is 518 g/mol. The van der Waals surface area contributed by atoms with Gasteiger partial charge in [-0.2, -0.15) is 0 Å². The van der Waals surface area contributed by atoms with E-state index in [0.29, 0.717) is 47.7 Å². The molecule has 2 atom stereocenters. The van der Waals surface area contributed by atoms with Crippen LogP contribution in [0.1, 0.15) is 43.7 Å². The van der Waals surface area contributed by atoms with Crippen LogP contribution in [-0.4, -0.2) is 52.3 Å². The van der Waals surface area contributed by atoms with Crippen LogP contribution >= 0.6 is 0 Å². The standard InChI is InChI=1S/C29H32F2N6O/c1-35-13-2-4-21(35)12-15-38-27-16-19(6-9-24(27)32)26-18-33-28-10-11-29(34-37(26)28)36-14-3-5-25(36)22-17-20(30)7-8-23(22)31/h6-11,16-18,21,25H,2-5,12-15,32H2,1H3. The van der Waals surface area contributed by atoms with Gasteiger partial charge in [-0.3, -0.25) is 0 Å². The van der Waals surface area contributed by atoms with Gasteiger partial charge in [0, 0.05) is 23.7 Å². The van der Waals surface area contributed by atoms with Gasteiger partial charge >= 0.3 is 0 Å². The lowest BCUT2D eigenvalue weighted by atomic mass is 10.0. The highest BCUT2D eigenvalue weighted by atomic mass is 19.1. The molecule has 38 heavy (non-hydrogen) atoms. The number of nitrogens with two attached hydrogens (primary N) is 1. The zero-order chi connectivity index (χ0) is 26.2. The maximum atomic E-state index is 14.6. The van der Waals surface area contributed by atoms with Gasteiger partial charge in [-0.15, -0.1) is 5.10 Å². The minimum absolute atomic E-state index is 0.280. The fraction of sp³-hybridized carbons (Fsp3) is 0.379. The zero-order valence-corrected chi connectivity index (χ0v) is 21.5. The first-order valence-corrected chi connectivity index (χ1v) is 13.3. The molecule has 0 bridgehead atoms. The van der Waals surface area contributed by atoms with Crippen molar-refractivity contribution in [3.8, 4) is 17.0 Å². The number of hydrogen-bond acceptors (Lipinski definition) is 6. The van der Waals surface area contributed by atoms with Gasteiger partial charge in [-0.25, -0.2) is 18.3 Å². The third-order valence-corrected chi connectivity index (χ3v) is 7.90. The second-order valence-corrected chi connectivity index (χ2v) is 10.3. The van der Waals surface area contributed by atoms with E-state index in [9.17, 15) is 8.78 Å². The highest BCUT2D eigenvalue weighted by Gasteiger charge is 2.30. The van der Waals surface area contributed by atoms with Crippen molar-refractivity contribution in [3.05, 3.63) is 71.9 Å². The lowest BCUT2D eigenvalue weighted by Gasteiger charge is -2.26. The molecule has 198 valence electrons. The number of halogens is 2. The molecule has 6 rings (SSSR count). The molecule has 0 saturated carbocycles. The molecule has 2 saturated heterocycles. The van der Waals surface area contributed by atoms with Gasteiger partial charge in [0.25, 0.3) is 0 Å². The van der Waals surface area contributed by atoms with Crippen molar-refractivity contribution in [2.45, 2.75) is 44.2 Å². The summed E-state index contributed by atoms with van der Waals surface area (Å²) in [5.74, 6) is 0.498. The van der Waals surface area contributed by atoms with E-state index in [1.807, 2.05) is 35.2 Å². The normalized spacial score (nSPS) is 20.0. The van der Waals surface area contributed by atoms with E-state index < -0.39 is 11.6 Å². The van der Waals surface area contributed by atoms with E-state index in [1.54, 1.807) is 10.7 Å². The van der Waals surface area contributed by atoms with Crippen molar-refractivity contribution in [2.75, 3.05) is 37.4 Å². The Kier molecular flexibility index (Phi) is 6.61. The molecule has 2 aliphatic rings. The highest BCUT2D eigenvalue weighted by Crippen LogP contribution is 2.37. The quantitative estimate of drug-likeness (QED) is 0.328. The SMILES string of the molecule is CN1CCCC1CCOc1cc(-c2cnc3ccc(N4CCCC4c4cc(F)ccc4F)nn23)ccc1N. The Labute approximate surface area is 220 Å². The molecular weight excluding hydrogens is 486 g/mol. The first-order chi connectivity index (χ1) is 18.5. The largest absolute Gasteiger partial charge is 0.491 e. The van der Waals surface area contributed by atoms with Crippen LogP contribution < -0.4 is 15.4 Å². The average Bonchev–Trinajstić information content (AvgIpc) is 3.66. The number of imidazole rings is 1. The molecule has 9 heteroatoms. The van der Waals surface area contributed by atoms with Crippen LogP contribution in [0, 0.1) is 11.6 Å². The Hall–Kier alpha value is -3.72. The Balaban J connectivity index is 1.27. The number of ether oxygens (including phenoxy) is 1. The number of aromatic nitrogens is 3. The Morgan fingerprint density at radius 1 is 1.03 bits per heavy atom. The van der Waals surface area contributed by atoms with Gasteiger partial charge in [0.1, 0.15) is 23.2 Å². The molecule has 7 nitrogen and oxygen atoms in total. The summed E-state index contributed by atoms with van der Waals surface area (Å²) in [5, 5.41) is 4.88. The molecule has 2 aliphatic heterocycles. The third-order valence-electron chi connectivity index (χ3n) is 7.90. The Morgan fingerprint density at radius 2 is 1.89 bits per heavy atom. The summed E-state index contributed by atoms with van der Waals surface area (Å²) in [6, 6.07) is 13.4. The summed E-state index contributed by atoms with van der Waals surface area (Å²) in [6.07, 6.45) is 6.77. The minimum atomic E-state index is -0.440. The lowest BCUT2D eigenvalue weighted by molar-refractivity contribution is 0.234. The average molecular weight is 519 g/mol. The number of rotatable bonds is 7. The van der Waals surface area contributed by atoms with Crippen LogP contribution in [0.25, 0.3) is 16.9 Å². The zero-order valence-electron chi connectivity index (χ0n) is 21.5. The third kappa shape index (κ3) is 4.67. The van der Waals surface area contributed by atoms with Crippen molar-refractivity contribution < 1.29 is 13.5 Å². The van der Waals surface area contributed by atoms with E-state index in [2.05, 4.69) is 16.9 Å². The molecule has 2 aromatic carbocycles. The van der Waals surface area contributed by atoms with Crippen molar-refractivity contribution in [1.29, 1.82) is 0 Å². The van der Waals surface area contributed by atoms with Gasteiger partial charge in [-0.05, 0) is 88.2 Å². The summed E-state index contributed by atoms with van der Waals surface area (Å²) < 4.78 is 36.4. The van der Waals surface area contributed by atoms with Crippen LogP contribution in [0.3, 0.4) is 0 Å². The maximum absolute atomic E-state index is 14.6. The predicted molar refractivity (Wildman–Crippen MR) is 144 cm³/mol. The molecule has 2 unspecified atom stereocenters. The van der Waals surface area contributed by atoms with Gasteiger partial charge in [0.15, 0.2) is 5.65 Å². The summed E-state index contributed by atoms with van der Waals surface area (Å²) in [5.41, 5.74) is 9.57. The molecule has 0 aliphatic carbocycles. The molecular formula is C29H32F2N6O. The maximum Gasteiger partial charge on any atom is 0.154 e. The molecule has 2 N–H and O–H groups in total. The van der Waals surface area contributed by atoms with E-state index >= 15 is 0 Å².